The van der Waals surface area contributed by atoms with Crippen molar-refractivity contribution >= 4 is 28.5 Å². The van der Waals surface area contributed by atoms with Gasteiger partial charge in [0.05, 0.1) is 19.9 Å². The molecule has 0 bridgehead atoms. The number of nitrogens with one attached hydrogen (secondary N) is 1. The van der Waals surface area contributed by atoms with Gasteiger partial charge in [-0.05, 0) is 49.2 Å². The lowest BCUT2D eigenvalue weighted by atomic mass is 10.1. The van der Waals surface area contributed by atoms with Crippen LogP contribution >= 0.6 is 11.3 Å². The Labute approximate surface area is 200 Å². The van der Waals surface area contributed by atoms with Crippen molar-refractivity contribution in [3.63, 3.8) is 0 Å². The molecule has 1 fully saturated rings. The number of aromatic nitrogens is 4. The Bertz CT molecular complexity index is 1340. The number of para-hydroxylation sites is 1. The van der Waals surface area contributed by atoms with E-state index in [2.05, 4.69) is 15.5 Å². The lowest BCUT2D eigenvalue weighted by Crippen LogP contribution is -2.07. The van der Waals surface area contributed by atoms with Crippen LogP contribution in [0.5, 0.6) is 11.5 Å². The van der Waals surface area contributed by atoms with Gasteiger partial charge in [0.25, 0.3) is 0 Å². The quantitative estimate of drug-likeness (QED) is 0.365. The highest BCUT2D eigenvalue weighted by Gasteiger charge is 2.27. The minimum Gasteiger partial charge on any atom is -0.493 e. The van der Waals surface area contributed by atoms with Crippen LogP contribution in [0.1, 0.15) is 29.3 Å². The molecule has 0 radical (unpaired) electrons. The van der Waals surface area contributed by atoms with E-state index in [4.69, 9.17) is 14.6 Å². The molecule has 0 spiro atoms. The van der Waals surface area contributed by atoms with Gasteiger partial charge in [0.2, 0.25) is 11.0 Å². The third kappa shape index (κ3) is 4.69. The molecule has 1 aliphatic rings. The van der Waals surface area contributed by atoms with Gasteiger partial charge in [0.15, 0.2) is 11.5 Å². The normalized spacial score (nSPS) is 13.2. The number of hydrogen-bond donors (Lipinski definition) is 1. The van der Waals surface area contributed by atoms with Gasteiger partial charge in [-0.1, -0.05) is 29.5 Å². The number of amides is 1. The first-order valence-corrected chi connectivity index (χ1v) is 11.7. The second-order valence-corrected chi connectivity index (χ2v) is 8.83. The van der Waals surface area contributed by atoms with E-state index < -0.39 is 0 Å². The van der Waals surface area contributed by atoms with E-state index in [1.165, 1.54) is 17.4 Å². The highest BCUT2D eigenvalue weighted by Crippen LogP contribution is 2.42. The van der Waals surface area contributed by atoms with Gasteiger partial charge >= 0.3 is 0 Å². The fraction of sp³-hybridized carbons (Fsp3) is 0.200. The average molecular weight is 474 g/mol. The zero-order chi connectivity index (χ0) is 23.5. The Balaban J connectivity index is 1.44. The minimum atomic E-state index is -0.274. The van der Waals surface area contributed by atoms with Crippen molar-refractivity contribution in [2.24, 2.45) is 0 Å². The standard InChI is InChI=1S/C25H23N5O3S/c1-32-20-12-10-17(14-21(20)33-2)23-18(15-30(29-23)19-6-4-3-5-7-19)11-13-22(31)26-25-28-27-24(34-25)16-8-9-16/h3-7,10-16H,8-9H2,1-2H3,(H,26,28,31). The highest BCUT2D eigenvalue weighted by molar-refractivity contribution is 7.15. The van der Waals surface area contributed by atoms with Crippen LogP contribution in [-0.2, 0) is 4.79 Å². The molecule has 4 aromatic rings. The summed E-state index contributed by atoms with van der Waals surface area (Å²) in [5.74, 6) is 1.47. The van der Waals surface area contributed by atoms with Gasteiger partial charge in [-0.25, -0.2) is 4.68 Å². The molecule has 0 unspecified atom stereocenters. The van der Waals surface area contributed by atoms with Crippen LogP contribution in [-0.4, -0.2) is 40.1 Å². The maximum Gasteiger partial charge on any atom is 0.250 e. The SMILES string of the molecule is COc1ccc(-c2nn(-c3ccccc3)cc2C=CC(=O)Nc2nnc(C3CC3)s2)cc1OC. The molecule has 0 aliphatic heterocycles. The largest absolute Gasteiger partial charge is 0.493 e. The summed E-state index contributed by atoms with van der Waals surface area (Å²) in [6.07, 6.45) is 7.41. The summed E-state index contributed by atoms with van der Waals surface area (Å²) >= 11 is 1.43. The molecule has 2 heterocycles. The summed E-state index contributed by atoms with van der Waals surface area (Å²) < 4.78 is 12.6. The lowest BCUT2D eigenvalue weighted by molar-refractivity contribution is -0.111. The zero-order valence-electron chi connectivity index (χ0n) is 18.8. The first-order valence-electron chi connectivity index (χ1n) is 10.8. The third-order valence-electron chi connectivity index (χ3n) is 5.43. The topological polar surface area (TPSA) is 91.2 Å². The molecule has 9 heteroatoms. The van der Waals surface area contributed by atoms with Crippen LogP contribution in [0.15, 0.2) is 60.8 Å². The smallest absolute Gasteiger partial charge is 0.250 e. The number of carbonyl (C=O) groups excluding carboxylic acids is 1. The highest BCUT2D eigenvalue weighted by atomic mass is 32.1. The molecule has 8 nitrogen and oxygen atoms in total. The van der Waals surface area contributed by atoms with Crippen molar-refractivity contribution < 1.29 is 14.3 Å². The summed E-state index contributed by atoms with van der Waals surface area (Å²) in [7, 11) is 3.19. The summed E-state index contributed by atoms with van der Waals surface area (Å²) in [6, 6.07) is 15.4. The maximum atomic E-state index is 12.6. The van der Waals surface area contributed by atoms with Gasteiger partial charge in [0.1, 0.15) is 10.7 Å². The average Bonchev–Trinajstić information content (AvgIpc) is 3.47. The molecule has 1 N–H and O–H groups in total. The van der Waals surface area contributed by atoms with Gasteiger partial charge in [-0.15, -0.1) is 10.2 Å². The van der Waals surface area contributed by atoms with Crippen molar-refractivity contribution in [2.45, 2.75) is 18.8 Å². The van der Waals surface area contributed by atoms with Crippen molar-refractivity contribution in [2.75, 3.05) is 19.5 Å². The van der Waals surface area contributed by atoms with Crippen molar-refractivity contribution in [3.05, 3.63) is 71.4 Å². The lowest BCUT2D eigenvalue weighted by Gasteiger charge is -2.09. The Morgan fingerprint density at radius 1 is 1.09 bits per heavy atom. The molecule has 5 rings (SSSR count). The van der Waals surface area contributed by atoms with E-state index >= 15 is 0 Å². The molecule has 172 valence electrons. The molecule has 0 saturated heterocycles. The summed E-state index contributed by atoms with van der Waals surface area (Å²) in [5, 5.41) is 17.3. The van der Waals surface area contributed by atoms with E-state index in [1.807, 2.05) is 54.7 Å². The summed E-state index contributed by atoms with van der Waals surface area (Å²) in [5.41, 5.74) is 3.24. The fourth-order valence-electron chi connectivity index (χ4n) is 3.52. The van der Waals surface area contributed by atoms with Crippen LogP contribution in [0.3, 0.4) is 0 Å². The number of benzene rings is 2. The minimum absolute atomic E-state index is 0.274. The van der Waals surface area contributed by atoms with Gasteiger partial charge in [-0.2, -0.15) is 5.10 Å². The summed E-state index contributed by atoms with van der Waals surface area (Å²) in [4.78, 5) is 12.6. The van der Waals surface area contributed by atoms with Crippen LogP contribution in [0.4, 0.5) is 5.13 Å². The van der Waals surface area contributed by atoms with E-state index in [0.29, 0.717) is 28.2 Å². The van der Waals surface area contributed by atoms with Gasteiger partial charge in [-0.3, -0.25) is 10.1 Å². The van der Waals surface area contributed by atoms with E-state index in [-0.39, 0.29) is 5.91 Å². The molecule has 1 saturated carbocycles. The molecule has 0 atom stereocenters. The van der Waals surface area contributed by atoms with Gasteiger partial charge in [0, 0.05) is 29.3 Å². The van der Waals surface area contributed by atoms with Crippen LogP contribution < -0.4 is 14.8 Å². The summed E-state index contributed by atoms with van der Waals surface area (Å²) in [6.45, 7) is 0. The maximum absolute atomic E-state index is 12.6. The predicted molar refractivity (Wildman–Crippen MR) is 132 cm³/mol. The fourth-order valence-corrected chi connectivity index (χ4v) is 4.44. The Morgan fingerprint density at radius 2 is 1.88 bits per heavy atom. The van der Waals surface area contributed by atoms with E-state index in [0.717, 1.165) is 34.7 Å². The van der Waals surface area contributed by atoms with Crippen LogP contribution in [0.25, 0.3) is 23.0 Å². The van der Waals surface area contributed by atoms with Crippen molar-refractivity contribution in [1.82, 2.24) is 20.0 Å². The first kappa shape index (κ1) is 21.8. The van der Waals surface area contributed by atoms with E-state index in [1.54, 1.807) is 25.0 Å². The predicted octanol–water partition coefficient (Wildman–Crippen LogP) is 4.94. The number of carbonyl (C=O) groups is 1. The molecule has 2 aromatic carbocycles. The second-order valence-electron chi connectivity index (χ2n) is 7.83. The third-order valence-corrected chi connectivity index (χ3v) is 6.43. The Morgan fingerprint density at radius 3 is 2.62 bits per heavy atom. The molecular weight excluding hydrogens is 450 g/mol. The number of nitrogens with zero attached hydrogens (tertiary/aromatic N) is 4. The van der Waals surface area contributed by atoms with Crippen LogP contribution in [0, 0.1) is 0 Å². The molecule has 1 amide bonds. The zero-order valence-corrected chi connectivity index (χ0v) is 19.6. The Hall–Kier alpha value is -3.98. The number of rotatable bonds is 8. The number of anilines is 1. The Kier molecular flexibility index (Phi) is 6.09. The molecule has 34 heavy (non-hydrogen) atoms. The molecule has 2 aromatic heterocycles. The van der Waals surface area contributed by atoms with Gasteiger partial charge < -0.3 is 9.47 Å². The number of hydrogen-bond acceptors (Lipinski definition) is 7. The number of ether oxygens (including phenoxy) is 2. The van der Waals surface area contributed by atoms with Crippen LogP contribution in [0.2, 0.25) is 0 Å². The molecular formula is C25H23N5O3S. The van der Waals surface area contributed by atoms with Crippen molar-refractivity contribution in [1.29, 1.82) is 0 Å². The monoisotopic (exact) mass is 473 g/mol. The number of methoxy groups -OCH3 is 2. The first-order chi connectivity index (χ1) is 16.6. The second kappa shape index (κ2) is 9.48. The van der Waals surface area contributed by atoms with E-state index in [9.17, 15) is 4.79 Å². The van der Waals surface area contributed by atoms with Crippen molar-refractivity contribution in [3.8, 4) is 28.4 Å². The molecule has 1 aliphatic carbocycles.